The number of amides is 1. The molecule has 2 aromatic carbocycles. The van der Waals surface area contributed by atoms with Crippen molar-refractivity contribution in [3.63, 3.8) is 0 Å². The first kappa shape index (κ1) is 21.4. The van der Waals surface area contributed by atoms with E-state index in [0.717, 1.165) is 23.5 Å². The maximum Gasteiger partial charge on any atom is 0.338 e. The molecule has 1 amide bonds. The van der Waals surface area contributed by atoms with Crippen LogP contribution in [0.1, 0.15) is 53.5 Å². The van der Waals surface area contributed by atoms with Crippen molar-refractivity contribution in [2.24, 2.45) is 0 Å². The number of nitrogens with one attached hydrogen (secondary N) is 1. The number of rotatable bonds is 7. The average Bonchev–Trinajstić information content (AvgIpc) is 3.10. The van der Waals surface area contributed by atoms with Crippen molar-refractivity contribution in [3.05, 3.63) is 83.2 Å². The molecule has 0 bridgehead atoms. The minimum absolute atomic E-state index is 0.330. The van der Waals surface area contributed by atoms with E-state index in [9.17, 15) is 9.59 Å². The topological polar surface area (TPSA) is 60.3 Å². The monoisotopic (exact) mass is 404 g/mol. The van der Waals surface area contributed by atoms with Crippen molar-refractivity contribution in [3.8, 4) is 5.69 Å². The molecular weight excluding hydrogens is 376 g/mol. The van der Waals surface area contributed by atoms with Crippen molar-refractivity contribution in [1.82, 2.24) is 4.57 Å². The highest BCUT2D eigenvalue weighted by Gasteiger charge is 2.12. The molecule has 0 saturated heterocycles. The van der Waals surface area contributed by atoms with Crippen LogP contribution in [0.4, 0.5) is 5.69 Å². The summed E-state index contributed by atoms with van der Waals surface area (Å²) in [5, 5.41) is 2.75. The first-order valence-corrected chi connectivity index (χ1v) is 10.2. The molecule has 1 atom stereocenters. The van der Waals surface area contributed by atoms with E-state index in [-0.39, 0.29) is 12.5 Å². The Balaban J connectivity index is 1.54. The van der Waals surface area contributed by atoms with Crippen LogP contribution in [0.15, 0.2) is 60.7 Å². The summed E-state index contributed by atoms with van der Waals surface area (Å²) < 4.78 is 7.27. The van der Waals surface area contributed by atoms with Gasteiger partial charge in [0.25, 0.3) is 5.91 Å². The minimum atomic E-state index is -0.523. The quantitative estimate of drug-likeness (QED) is 0.536. The van der Waals surface area contributed by atoms with E-state index < -0.39 is 5.97 Å². The summed E-state index contributed by atoms with van der Waals surface area (Å²) >= 11 is 0. The maximum atomic E-state index is 12.3. The third-order valence-corrected chi connectivity index (χ3v) is 5.34. The summed E-state index contributed by atoms with van der Waals surface area (Å²) in [6.07, 6.45) is 1.06. The van der Waals surface area contributed by atoms with Crippen LogP contribution in [0.3, 0.4) is 0 Å². The molecule has 0 saturated carbocycles. The van der Waals surface area contributed by atoms with E-state index in [4.69, 9.17) is 4.74 Å². The van der Waals surface area contributed by atoms with Gasteiger partial charge in [0, 0.05) is 22.8 Å². The van der Waals surface area contributed by atoms with Crippen molar-refractivity contribution in [1.29, 1.82) is 0 Å². The fourth-order valence-corrected chi connectivity index (χ4v) is 3.36. The number of carbonyl (C=O) groups excluding carboxylic acids is 2. The predicted octanol–water partition coefficient (Wildman–Crippen LogP) is 5.40. The van der Waals surface area contributed by atoms with Crippen LogP contribution in [0, 0.1) is 13.8 Å². The van der Waals surface area contributed by atoms with E-state index in [0.29, 0.717) is 17.2 Å². The van der Waals surface area contributed by atoms with E-state index >= 15 is 0 Å². The zero-order valence-corrected chi connectivity index (χ0v) is 17.9. The van der Waals surface area contributed by atoms with E-state index in [1.807, 2.05) is 62.4 Å². The molecule has 156 valence electrons. The van der Waals surface area contributed by atoms with Gasteiger partial charge in [0.15, 0.2) is 6.61 Å². The van der Waals surface area contributed by atoms with Gasteiger partial charge >= 0.3 is 5.97 Å². The number of carbonyl (C=O) groups is 2. The second-order valence-corrected chi connectivity index (χ2v) is 7.55. The highest BCUT2D eigenvalue weighted by molar-refractivity contribution is 5.95. The maximum absolute atomic E-state index is 12.3. The summed E-state index contributed by atoms with van der Waals surface area (Å²) in [5.74, 6) is -0.410. The highest BCUT2D eigenvalue weighted by atomic mass is 16.5. The largest absolute Gasteiger partial charge is 0.452 e. The van der Waals surface area contributed by atoms with Gasteiger partial charge in [-0.15, -0.1) is 0 Å². The van der Waals surface area contributed by atoms with Crippen LogP contribution in [-0.4, -0.2) is 23.1 Å². The molecule has 30 heavy (non-hydrogen) atoms. The third kappa shape index (κ3) is 4.98. The van der Waals surface area contributed by atoms with Gasteiger partial charge in [-0.25, -0.2) is 4.79 Å². The van der Waals surface area contributed by atoms with Gasteiger partial charge < -0.3 is 14.6 Å². The van der Waals surface area contributed by atoms with Crippen molar-refractivity contribution in [2.75, 3.05) is 11.9 Å². The summed E-state index contributed by atoms with van der Waals surface area (Å²) in [6.45, 7) is 8.05. The SMILES string of the molecule is CC[C@@H](C)c1ccc(NC(=O)COC(=O)c2ccc(-n3c(C)ccc3C)cc2)cc1. The lowest BCUT2D eigenvalue weighted by molar-refractivity contribution is -0.119. The van der Waals surface area contributed by atoms with Gasteiger partial charge in [-0.1, -0.05) is 26.0 Å². The first-order valence-electron chi connectivity index (χ1n) is 10.2. The lowest BCUT2D eigenvalue weighted by Crippen LogP contribution is -2.21. The van der Waals surface area contributed by atoms with E-state index in [1.54, 1.807) is 12.1 Å². The Bertz CT molecular complexity index is 998. The van der Waals surface area contributed by atoms with Gasteiger partial charge in [-0.3, -0.25) is 4.79 Å². The number of aromatic nitrogens is 1. The van der Waals surface area contributed by atoms with Crippen molar-refractivity contribution in [2.45, 2.75) is 40.0 Å². The average molecular weight is 405 g/mol. The van der Waals surface area contributed by atoms with E-state index in [1.165, 1.54) is 5.56 Å². The molecule has 0 unspecified atom stereocenters. The molecule has 1 heterocycles. The van der Waals surface area contributed by atoms with Gasteiger partial charge in [0.2, 0.25) is 0 Å². The van der Waals surface area contributed by atoms with Crippen molar-refractivity contribution >= 4 is 17.6 Å². The molecule has 0 aliphatic rings. The van der Waals surface area contributed by atoms with Crippen LogP contribution >= 0.6 is 0 Å². The molecule has 5 nitrogen and oxygen atoms in total. The molecule has 1 N–H and O–H groups in total. The standard InChI is InChI=1S/C25H28N2O3/c1-5-17(2)20-8-12-22(13-9-20)26-24(28)16-30-25(29)21-10-14-23(15-11-21)27-18(3)6-7-19(27)4/h6-15,17H,5,16H2,1-4H3,(H,26,28)/t17-/m1/s1. The Kier molecular flexibility index (Phi) is 6.72. The number of ether oxygens (including phenoxy) is 1. The van der Waals surface area contributed by atoms with E-state index in [2.05, 4.69) is 23.7 Å². The zero-order chi connectivity index (χ0) is 21.7. The molecule has 3 aromatic rings. The Labute approximate surface area is 177 Å². The number of aryl methyl sites for hydroxylation is 2. The number of hydrogen-bond donors (Lipinski definition) is 1. The van der Waals surface area contributed by atoms with Gasteiger partial charge in [-0.2, -0.15) is 0 Å². The van der Waals surface area contributed by atoms with Crippen LogP contribution in [0.5, 0.6) is 0 Å². The number of esters is 1. The summed E-state index contributed by atoms with van der Waals surface area (Å²) in [4.78, 5) is 24.4. The Morgan fingerprint density at radius 2 is 1.53 bits per heavy atom. The summed E-state index contributed by atoms with van der Waals surface area (Å²) in [7, 11) is 0. The molecule has 3 rings (SSSR count). The lowest BCUT2D eigenvalue weighted by Gasteiger charge is -2.11. The fraction of sp³-hybridized carbons (Fsp3) is 0.280. The second-order valence-electron chi connectivity index (χ2n) is 7.55. The van der Waals surface area contributed by atoms with Gasteiger partial charge in [-0.05, 0) is 80.3 Å². The molecule has 0 aliphatic heterocycles. The number of anilines is 1. The molecule has 0 spiro atoms. The summed E-state index contributed by atoms with van der Waals surface area (Å²) in [5.41, 5.74) is 5.55. The Morgan fingerprint density at radius 1 is 0.933 bits per heavy atom. The summed E-state index contributed by atoms with van der Waals surface area (Å²) in [6, 6.07) is 19.0. The molecular formula is C25H28N2O3. The number of nitrogens with zero attached hydrogens (tertiary/aromatic N) is 1. The normalized spacial score (nSPS) is 11.7. The van der Waals surface area contributed by atoms with Crippen LogP contribution < -0.4 is 5.32 Å². The Hall–Kier alpha value is -3.34. The molecule has 0 radical (unpaired) electrons. The predicted molar refractivity (Wildman–Crippen MR) is 119 cm³/mol. The first-order chi connectivity index (χ1) is 14.4. The lowest BCUT2D eigenvalue weighted by atomic mass is 9.99. The zero-order valence-electron chi connectivity index (χ0n) is 17.9. The molecule has 1 aromatic heterocycles. The van der Waals surface area contributed by atoms with Crippen LogP contribution in [-0.2, 0) is 9.53 Å². The van der Waals surface area contributed by atoms with Gasteiger partial charge in [0.05, 0.1) is 5.56 Å². The molecule has 0 aliphatic carbocycles. The number of benzene rings is 2. The highest BCUT2D eigenvalue weighted by Crippen LogP contribution is 2.20. The molecule has 0 fully saturated rings. The Morgan fingerprint density at radius 3 is 2.10 bits per heavy atom. The smallest absolute Gasteiger partial charge is 0.338 e. The van der Waals surface area contributed by atoms with Crippen LogP contribution in [0.2, 0.25) is 0 Å². The second kappa shape index (κ2) is 9.44. The molecule has 5 heteroatoms. The number of hydrogen-bond acceptors (Lipinski definition) is 3. The minimum Gasteiger partial charge on any atom is -0.452 e. The van der Waals surface area contributed by atoms with Crippen LogP contribution in [0.25, 0.3) is 5.69 Å². The fourth-order valence-electron chi connectivity index (χ4n) is 3.36. The third-order valence-electron chi connectivity index (χ3n) is 5.34. The van der Waals surface area contributed by atoms with Crippen molar-refractivity contribution < 1.29 is 14.3 Å². The van der Waals surface area contributed by atoms with Gasteiger partial charge in [0.1, 0.15) is 0 Å².